The first-order valence-electron chi connectivity index (χ1n) is 12.8. The van der Waals surface area contributed by atoms with Gasteiger partial charge in [0.15, 0.2) is 0 Å². The molecule has 1 fully saturated rings. The monoisotopic (exact) mass is 494 g/mol. The molecule has 1 heterocycles. The third-order valence-electron chi connectivity index (χ3n) is 7.17. The van der Waals surface area contributed by atoms with E-state index >= 15 is 0 Å². The minimum absolute atomic E-state index is 0.529. The largest absolute Gasteiger partial charge is 0.492 e. The Bertz CT molecular complexity index is 1330. The number of nitrogens with zero attached hydrogens (tertiary/aromatic N) is 2. The number of likely N-dealkylation sites (tertiary alicyclic amines) is 1. The van der Waals surface area contributed by atoms with Gasteiger partial charge < -0.3 is 4.74 Å². The van der Waals surface area contributed by atoms with Crippen molar-refractivity contribution in [1.29, 1.82) is 5.26 Å². The third kappa shape index (κ3) is 5.26. The molecule has 3 aromatic rings. The van der Waals surface area contributed by atoms with E-state index in [1.807, 2.05) is 12.1 Å². The predicted octanol–water partition coefficient (Wildman–Crippen LogP) is 7.52. The Morgan fingerprint density at radius 3 is 2.50 bits per heavy atom. The molecule has 3 aromatic carbocycles. The van der Waals surface area contributed by atoms with E-state index in [9.17, 15) is 0 Å². The van der Waals surface area contributed by atoms with E-state index in [1.54, 1.807) is 0 Å². The van der Waals surface area contributed by atoms with E-state index in [1.165, 1.54) is 33.4 Å². The van der Waals surface area contributed by atoms with Gasteiger partial charge in [0, 0.05) is 31.1 Å². The summed E-state index contributed by atoms with van der Waals surface area (Å²) in [5.74, 6) is 1.41. The number of rotatable bonds is 9. The van der Waals surface area contributed by atoms with Gasteiger partial charge in [-0.05, 0) is 75.9 Å². The first kappa shape index (κ1) is 24.4. The first-order valence-corrected chi connectivity index (χ1v) is 13.1. The van der Waals surface area contributed by atoms with E-state index in [4.69, 9.17) is 21.6 Å². The van der Waals surface area contributed by atoms with Crippen molar-refractivity contribution in [3.63, 3.8) is 0 Å². The zero-order valence-corrected chi connectivity index (χ0v) is 21.5. The van der Waals surface area contributed by atoms with E-state index in [0.29, 0.717) is 18.9 Å². The van der Waals surface area contributed by atoms with Crippen molar-refractivity contribution in [3.05, 3.63) is 106 Å². The van der Waals surface area contributed by atoms with Crippen molar-refractivity contribution < 1.29 is 4.74 Å². The Balaban J connectivity index is 1.39. The zero-order valence-electron chi connectivity index (χ0n) is 20.7. The highest BCUT2D eigenvalue weighted by atomic mass is 35.5. The van der Waals surface area contributed by atoms with Gasteiger partial charge in [0.05, 0.1) is 6.07 Å². The summed E-state index contributed by atoms with van der Waals surface area (Å²) in [6, 6.07) is 27.5. The molecule has 1 aliphatic carbocycles. The third-order valence-corrected chi connectivity index (χ3v) is 7.50. The van der Waals surface area contributed by atoms with Gasteiger partial charge in [0.25, 0.3) is 0 Å². The topological polar surface area (TPSA) is 36.3 Å². The van der Waals surface area contributed by atoms with Crippen LogP contribution in [0.15, 0.2) is 78.4 Å². The minimum Gasteiger partial charge on any atom is -0.492 e. The summed E-state index contributed by atoms with van der Waals surface area (Å²) in [5.41, 5.74) is 8.78. The molecule has 0 unspecified atom stereocenters. The van der Waals surface area contributed by atoms with Crippen molar-refractivity contribution in [3.8, 4) is 11.8 Å². The van der Waals surface area contributed by atoms with E-state index < -0.39 is 0 Å². The van der Waals surface area contributed by atoms with Crippen molar-refractivity contribution in [2.75, 3.05) is 26.2 Å². The van der Waals surface area contributed by atoms with Crippen LogP contribution in [0.25, 0.3) is 17.2 Å². The summed E-state index contributed by atoms with van der Waals surface area (Å²) < 4.78 is 6.05. The molecule has 5 rings (SSSR count). The number of allylic oxidation sites excluding steroid dienone is 3. The second-order valence-electron chi connectivity index (χ2n) is 9.59. The number of nitriles is 1. The van der Waals surface area contributed by atoms with Crippen LogP contribution in [0.5, 0.6) is 5.75 Å². The molecule has 3 nitrogen and oxygen atoms in total. The van der Waals surface area contributed by atoms with Crippen molar-refractivity contribution >= 4 is 28.8 Å². The molecule has 1 saturated heterocycles. The molecular formula is C32H31ClN2O. The Labute approximate surface area is 219 Å². The van der Waals surface area contributed by atoms with E-state index in [0.717, 1.165) is 48.8 Å². The lowest BCUT2D eigenvalue weighted by atomic mass is 9.87. The van der Waals surface area contributed by atoms with Crippen LogP contribution in [0.3, 0.4) is 0 Å². The summed E-state index contributed by atoms with van der Waals surface area (Å²) in [7, 11) is 0. The van der Waals surface area contributed by atoms with Gasteiger partial charge in [0.1, 0.15) is 12.4 Å². The molecule has 2 aliphatic rings. The zero-order chi connectivity index (χ0) is 24.9. The number of benzene rings is 3. The molecule has 36 heavy (non-hydrogen) atoms. The minimum atomic E-state index is 0.529. The molecule has 0 atom stereocenters. The maximum atomic E-state index is 8.81. The quantitative estimate of drug-likeness (QED) is 0.288. The van der Waals surface area contributed by atoms with Crippen LogP contribution in [0.2, 0.25) is 5.02 Å². The fourth-order valence-electron chi connectivity index (χ4n) is 5.33. The van der Waals surface area contributed by atoms with Crippen LogP contribution in [0, 0.1) is 17.2 Å². The number of halogens is 1. The number of hydrogen-bond donors (Lipinski definition) is 0. The average molecular weight is 495 g/mol. The van der Waals surface area contributed by atoms with Crippen LogP contribution < -0.4 is 4.74 Å². The second kappa shape index (κ2) is 11.2. The molecule has 0 spiro atoms. The summed E-state index contributed by atoms with van der Waals surface area (Å²) in [6.07, 6.45) is 4.78. The highest BCUT2D eigenvalue weighted by molar-refractivity contribution is 6.32. The van der Waals surface area contributed by atoms with Gasteiger partial charge in [-0.2, -0.15) is 5.26 Å². The first-order chi connectivity index (χ1) is 17.7. The van der Waals surface area contributed by atoms with Gasteiger partial charge in [-0.25, -0.2) is 0 Å². The van der Waals surface area contributed by atoms with E-state index in [-0.39, 0.29) is 0 Å². The lowest BCUT2D eigenvalue weighted by molar-refractivity contribution is 0.0854. The molecule has 182 valence electrons. The molecule has 0 radical (unpaired) electrons. The van der Waals surface area contributed by atoms with Gasteiger partial charge in [0.2, 0.25) is 0 Å². The molecule has 0 bridgehead atoms. The second-order valence-corrected chi connectivity index (χ2v) is 10.00. The summed E-state index contributed by atoms with van der Waals surface area (Å²) >= 11 is 6.68. The Morgan fingerprint density at radius 2 is 1.78 bits per heavy atom. The lowest BCUT2D eigenvalue weighted by Gasteiger charge is -2.37. The SMILES string of the molecule is CC/C(=C(\C1=Cc2ccccc2C1)c1ccc(OCCN2CC(CC#N)C2)cc1)c1ccccc1Cl. The normalized spacial score (nSPS) is 16.0. The molecule has 0 aromatic heterocycles. The maximum absolute atomic E-state index is 8.81. The Morgan fingerprint density at radius 1 is 1.03 bits per heavy atom. The molecule has 0 saturated carbocycles. The fourth-order valence-corrected chi connectivity index (χ4v) is 5.58. The molecule has 4 heteroatoms. The standard InChI is InChI=1S/C32H31ClN2O/c1-2-29(30-9-5-6-10-31(30)33)32(27-19-25-7-3-4-8-26(25)20-27)24-11-13-28(14-12-24)36-18-17-35-21-23(22-35)15-16-34/h3-14,19,23H,2,15,17-18,20-22H2,1H3/b32-29+. The van der Waals surface area contributed by atoms with Gasteiger partial charge in [-0.3, -0.25) is 4.90 Å². The van der Waals surface area contributed by atoms with Crippen LogP contribution in [-0.2, 0) is 6.42 Å². The summed E-state index contributed by atoms with van der Waals surface area (Å²) in [5, 5.41) is 9.59. The highest BCUT2D eigenvalue weighted by Gasteiger charge is 2.26. The van der Waals surface area contributed by atoms with E-state index in [2.05, 4.69) is 84.6 Å². The number of hydrogen-bond acceptors (Lipinski definition) is 3. The molecule has 0 N–H and O–H groups in total. The molecule has 0 amide bonds. The van der Waals surface area contributed by atoms with Crippen LogP contribution in [0.1, 0.15) is 42.0 Å². The van der Waals surface area contributed by atoms with Gasteiger partial charge in [-0.15, -0.1) is 0 Å². The Hall–Kier alpha value is -3.32. The van der Waals surface area contributed by atoms with Crippen molar-refractivity contribution in [2.45, 2.75) is 26.2 Å². The Kier molecular flexibility index (Phi) is 7.56. The van der Waals surface area contributed by atoms with Crippen molar-refractivity contribution in [1.82, 2.24) is 4.90 Å². The van der Waals surface area contributed by atoms with Gasteiger partial charge >= 0.3 is 0 Å². The van der Waals surface area contributed by atoms with Crippen LogP contribution in [-0.4, -0.2) is 31.1 Å². The summed E-state index contributed by atoms with van der Waals surface area (Å²) in [6.45, 7) is 5.76. The maximum Gasteiger partial charge on any atom is 0.119 e. The number of ether oxygens (including phenoxy) is 1. The smallest absolute Gasteiger partial charge is 0.119 e. The molecule has 1 aliphatic heterocycles. The summed E-state index contributed by atoms with van der Waals surface area (Å²) in [4.78, 5) is 2.35. The average Bonchev–Trinajstić information content (AvgIpc) is 3.30. The fraction of sp³-hybridized carbons (Fsp3) is 0.281. The predicted molar refractivity (Wildman–Crippen MR) is 149 cm³/mol. The number of fused-ring (bicyclic) bond motifs is 1. The van der Waals surface area contributed by atoms with Gasteiger partial charge in [-0.1, -0.05) is 79.2 Å². The lowest BCUT2D eigenvalue weighted by Crippen LogP contribution is -2.47. The van der Waals surface area contributed by atoms with Crippen LogP contribution in [0.4, 0.5) is 0 Å². The highest BCUT2D eigenvalue weighted by Crippen LogP contribution is 2.41. The van der Waals surface area contributed by atoms with Crippen LogP contribution >= 0.6 is 11.6 Å². The molecular weight excluding hydrogens is 464 g/mol. The van der Waals surface area contributed by atoms with Crippen molar-refractivity contribution in [2.24, 2.45) is 5.92 Å².